The lowest BCUT2D eigenvalue weighted by atomic mass is 10.2. The van der Waals surface area contributed by atoms with E-state index in [-0.39, 0.29) is 5.91 Å². The maximum absolute atomic E-state index is 11.3. The third-order valence-corrected chi connectivity index (χ3v) is 4.99. The van der Waals surface area contributed by atoms with Gasteiger partial charge in [-0.25, -0.2) is 9.97 Å². The summed E-state index contributed by atoms with van der Waals surface area (Å²) in [6.45, 7) is 4.74. The number of hydrogen-bond acceptors (Lipinski definition) is 8. The lowest BCUT2D eigenvalue weighted by Crippen LogP contribution is -2.47. The first kappa shape index (κ1) is 20.4. The molecule has 0 radical (unpaired) electrons. The van der Waals surface area contributed by atoms with Gasteiger partial charge in [0.1, 0.15) is 12.1 Å². The van der Waals surface area contributed by atoms with Crippen molar-refractivity contribution in [3.05, 3.63) is 54.9 Å². The third-order valence-electron chi connectivity index (χ3n) is 4.99. The van der Waals surface area contributed by atoms with Gasteiger partial charge in [0, 0.05) is 44.5 Å². The highest BCUT2D eigenvalue weighted by atomic mass is 16.5. The molecule has 0 unspecified atom stereocenters. The zero-order valence-corrected chi connectivity index (χ0v) is 17.6. The number of amides is 1. The van der Waals surface area contributed by atoms with Crippen LogP contribution in [0, 0.1) is 0 Å². The van der Waals surface area contributed by atoms with Gasteiger partial charge in [0.2, 0.25) is 17.8 Å². The van der Waals surface area contributed by atoms with Crippen molar-refractivity contribution < 1.29 is 9.53 Å². The number of aromatic nitrogens is 3. The number of carbonyl (C=O) groups is 1. The molecule has 1 aliphatic rings. The second kappa shape index (κ2) is 9.29. The maximum Gasteiger partial charge on any atom is 0.231 e. The molecule has 4 rings (SSSR count). The molecule has 2 N–H and O–H groups in total. The van der Waals surface area contributed by atoms with Gasteiger partial charge in [0.15, 0.2) is 0 Å². The zero-order chi connectivity index (χ0) is 21.6. The van der Waals surface area contributed by atoms with Gasteiger partial charge in [0.25, 0.3) is 0 Å². The fraction of sp³-hybridized carbons (Fsp3) is 0.273. The van der Waals surface area contributed by atoms with Crippen LogP contribution in [0.25, 0.3) is 0 Å². The highest BCUT2D eigenvalue weighted by molar-refractivity contribution is 5.89. The number of nitrogens with one attached hydrogen (secondary N) is 2. The number of rotatable bonds is 6. The van der Waals surface area contributed by atoms with Crippen molar-refractivity contribution in [2.75, 3.05) is 53.7 Å². The van der Waals surface area contributed by atoms with Crippen LogP contribution in [-0.2, 0) is 4.79 Å². The Hall–Kier alpha value is -3.88. The highest BCUT2D eigenvalue weighted by Gasteiger charge is 2.21. The van der Waals surface area contributed by atoms with Gasteiger partial charge in [-0.05, 0) is 30.3 Å². The first-order valence-electron chi connectivity index (χ1n) is 10.1. The van der Waals surface area contributed by atoms with Crippen LogP contribution in [0.3, 0.4) is 0 Å². The second-order valence-corrected chi connectivity index (χ2v) is 7.14. The molecule has 1 amide bonds. The van der Waals surface area contributed by atoms with Crippen LogP contribution in [0.15, 0.2) is 54.9 Å². The Bertz CT molecular complexity index is 1050. The molecule has 0 aliphatic carbocycles. The summed E-state index contributed by atoms with van der Waals surface area (Å²) in [5, 5.41) is 5.95. The second-order valence-electron chi connectivity index (χ2n) is 7.14. The van der Waals surface area contributed by atoms with Crippen molar-refractivity contribution in [3.63, 3.8) is 0 Å². The Morgan fingerprint density at radius 1 is 0.968 bits per heavy atom. The van der Waals surface area contributed by atoms with Crippen molar-refractivity contribution in [2.24, 2.45) is 0 Å². The molecule has 0 saturated carbocycles. The van der Waals surface area contributed by atoms with Gasteiger partial charge >= 0.3 is 0 Å². The Labute approximate surface area is 181 Å². The molecule has 2 aromatic carbocycles. The van der Waals surface area contributed by atoms with E-state index < -0.39 is 0 Å². The Balaban J connectivity index is 1.42. The summed E-state index contributed by atoms with van der Waals surface area (Å²) < 4.78 is 5.49. The van der Waals surface area contributed by atoms with E-state index in [1.807, 2.05) is 42.5 Å². The minimum atomic E-state index is -0.119. The number of hydrogen-bond donors (Lipinski definition) is 2. The van der Waals surface area contributed by atoms with Crippen LogP contribution in [0.4, 0.5) is 29.0 Å². The van der Waals surface area contributed by atoms with Crippen molar-refractivity contribution >= 4 is 34.9 Å². The summed E-state index contributed by atoms with van der Waals surface area (Å²) in [5.41, 5.74) is 2.59. The van der Waals surface area contributed by atoms with E-state index in [0.29, 0.717) is 17.6 Å². The van der Waals surface area contributed by atoms with Crippen molar-refractivity contribution in [1.29, 1.82) is 0 Å². The molecule has 3 aromatic rings. The minimum Gasteiger partial charge on any atom is -0.495 e. The number of nitrogens with zero attached hydrogens (tertiary/aromatic N) is 5. The SMILES string of the molecule is COc1ccccc1N1CCN(c2ncnc(Nc3cccc(NC(C)=O)c3)n2)CC1. The first-order chi connectivity index (χ1) is 15.1. The summed E-state index contributed by atoms with van der Waals surface area (Å²) in [7, 11) is 1.69. The van der Waals surface area contributed by atoms with Crippen LogP contribution in [-0.4, -0.2) is 54.1 Å². The van der Waals surface area contributed by atoms with E-state index >= 15 is 0 Å². The number of para-hydroxylation sites is 2. The van der Waals surface area contributed by atoms with E-state index in [2.05, 4.69) is 41.5 Å². The molecule has 9 heteroatoms. The van der Waals surface area contributed by atoms with Gasteiger partial charge in [-0.1, -0.05) is 18.2 Å². The molecular formula is C22H25N7O2. The summed E-state index contributed by atoms with van der Waals surface area (Å²) in [6.07, 6.45) is 1.51. The number of anilines is 5. The molecule has 0 atom stereocenters. The molecule has 1 aromatic heterocycles. The van der Waals surface area contributed by atoms with Crippen LogP contribution in [0.2, 0.25) is 0 Å². The zero-order valence-electron chi connectivity index (χ0n) is 17.6. The fourth-order valence-electron chi connectivity index (χ4n) is 3.55. The standard InChI is InChI=1S/C22H25N7O2/c1-16(30)25-17-6-5-7-18(14-17)26-21-23-15-24-22(27-21)29-12-10-28(11-13-29)19-8-3-4-9-20(19)31-2/h3-9,14-15H,10-13H2,1-2H3,(H,25,30)(H,23,24,26,27). The van der Waals surface area contributed by atoms with Crippen LogP contribution in [0.5, 0.6) is 5.75 Å². The summed E-state index contributed by atoms with van der Waals surface area (Å²) in [4.78, 5) is 28.9. The Morgan fingerprint density at radius 3 is 2.48 bits per heavy atom. The van der Waals surface area contributed by atoms with Gasteiger partial charge in [-0.3, -0.25) is 4.79 Å². The van der Waals surface area contributed by atoms with E-state index in [1.165, 1.54) is 13.3 Å². The topological polar surface area (TPSA) is 95.5 Å². The largest absolute Gasteiger partial charge is 0.495 e. The predicted molar refractivity (Wildman–Crippen MR) is 121 cm³/mol. The van der Waals surface area contributed by atoms with Gasteiger partial charge in [0.05, 0.1) is 12.8 Å². The lowest BCUT2D eigenvalue weighted by Gasteiger charge is -2.36. The number of carbonyl (C=O) groups excluding carboxylic acids is 1. The van der Waals surface area contributed by atoms with Crippen molar-refractivity contribution in [2.45, 2.75) is 6.92 Å². The molecule has 2 heterocycles. The number of ether oxygens (including phenoxy) is 1. The maximum atomic E-state index is 11.3. The molecular weight excluding hydrogens is 394 g/mol. The highest BCUT2D eigenvalue weighted by Crippen LogP contribution is 2.29. The van der Waals surface area contributed by atoms with Crippen molar-refractivity contribution in [3.8, 4) is 5.75 Å². The number of methoxy groups -OCH3 is 1. The molecule has 0 spiro atoms. The number of benzene rings is 2. The molecule has 0 bridgehead atoms. The average Bonchev–Trinajstić information content (AvgIpc) is 2.79. The number of piperazine rings is 1. The van der Waals surface area contributed by atoms with E-state index in [9.17, 15) is 4.79 Å². The van der Waals surface area contributed by atoms with E-state index in [1.54, 1.807) is 7.11 Å². The van der Waals surface area contributed by atoms with Gasteiger partial charge < -0.3 is 25.2 Å². The molecule has 31 heavy (non-hydrogen) atoms. The van der Waals surface area contributed by atoms with E-state index in [0.717, 1.165) is 43.3 Å². The first-order valence-corrected chi connectivity index (χ1v) is 10.1. The summed E-state index contributed by atoms with van der Waals surface area (Å²) in [5.74, 6) is 1.85. The predicted octanol–water partition coefficient (Wildman–Crippen LogP) is 2.91. The minimum absolute atomic E-state index is 0.119. The van der Waals surface area contributed by atoms with Crippen LogP contribution in [0.1, 0.15) is 6.92 Å². The fourth-order valence-corrected chi connectivity index (χ4v) is 3.55. The monoisotopic (exact) mass is 419 g/mol. The smallest absolute Gasteiger partial charge is 0.231 e. The average molecular weight is 419 g/mol. The molecule has 1 saturated heterocycles. The van der Waals surface area contributed by atoms with Crippen LogP contribution >= 0.6 is 0 Å². The van der Waals surface area contributed by atoms with Crippen LogP contribution < -0.4 is 25.2 Å². The summed E-state index contributed by atoms with van der Waals surface area (Å²) in [6, 6.07) is 15.5. The van der Waals surface area contributed by atoms with E-state index in [4.69, 9.17) is 4.74 Å². The van der Waals surface area contributed by atoms with Gasteiger partial charge in [-0.2, -0.15) is 4.98 Å². The molecule has 160 valence electrons. The summed E-state index contributed by atoms with van der Waals surface area (Å²) >= 11 is 0. The molecule has 1 aliphatic heterocycles. The third kappa shape index (κ3) is 5.00. The molecule has 1 fully saturated rings. The molecule has 9 nitrogen and oxygen atoms in total. The Morgan fingerprint density at radius 2 is 1.71 bits per heavy atom. The quantitative estimate of drug-likeness (QED) is 0.630. The van der Waals surface area contributed by atoms with Crippen molar-refractivity contribution in [1.82, 2.24) is 15.0 Å². The lowest BCUT2D eigenvalue weighted by molar-refractivity contribution is -0.114. The van der Waals surface area contributed by atoms with Gasteiger partial charge in [-0.15, -0.1) is 0 Å². The normalized spacial score (nSPS) is 13.6. The Kier molecular flexibility index (Phi) is 6.11.